The van der Waals surface area contributed by atoms with Crippen molar-refractivity contribution in [1.29, 1.82) is 0 Å². The Kier molecular flexibility index (Phi) is 4.60. The Balaban J connectivity index is 1.74. The quantitative estimate of drug-likeness (QED) is 0.868. The third-order valence-corrected chi connectivity index (χ3v) is 5.34. The summed E-state index contributed by atoms with van der Waals surface area (Å²) in [5, 5.41) is 5.78. The molecule has 2 heterocycles. The van der Waals surface area contributed by atoms with Crippen molar-refractivity contribution in [1.82, 2.24) is 5.32 Å². The Morgan fingerprint density at radius 1 is 1.27 bits per heavy atom. The fourth-order valence-corrected chi connectivity index (χ4v) is 4.03. The molecule has 4 heteroatoms. The minimum atomic E-state index is -0.282. The molecule has 0 radical (unpaired) electrons. The molecule has 116 valence electrons. The first kappa shape index (κ1) is 15.3. The summed E-state index contributed by atoms with van der Waals surface area (Å²) >= 11 is 1.83. The van der Waals surface area contributed by atoms with Crippen molar-refractivity contribution >= 4 is 17.3 Å². The lowest BCUT2D eigenvalue weighted by molar-refractivity contribution is 0.0600. The van der Waals surface area contributed by atoms with Crippen LogP contribution in [0.5, 0.6) is 0 Å². The van der Waals surface area contributed by atoms with Gasteiger partial charge in [0.25, 0.3) is 0 Å². The van der Waals surface area contributed by atoms with E-state index in [4.69, 9.17) is 4.74 Å². The number of hydrogen-bond acceptors (Lipinski definition) is 4. The van der Waals surface area contributed by atoms with E-state index in [9.17, 15) is 4.79 Å². The number of piperidine rings is 1. The Morgan fingerprint density at radius 3 is 2.68 bits per heavy atom. The molecule has 0 saturated carbocycles. The zero-order valence-corrected chi connectivity index (χ0v) is 13.8. The van der Waals surface area contributed by atoms with Crippen LogP contribution in [0.25, 0.3) is 0 Å². The number of hydrogen-bond donors (Lipinski definition) is 1. The lowest BCUT2D eigenvalue weighted by Gasteiger charge is -2.31. The van der Waals surface area contributed by atoms with Crippen LogP contribution >= 0.6 is 11.3 Å². The maximum atomic E-state index is 11.5. The van der Waals surface area contributed by atoms with Crippen LogP contribution in [0.4, 0.5) is 0 Å². The highest BCUT2D eigenvalue weighted by atomic mass is 32.1. The number of rotatable bonds is 3. The van der Waals surface area contributed by atoms with E-state index in [1.165, 1.54) is 29.5 Å². The summed E-state index contributed by atoms with van der Waals surface area (Å²) in [6.07, 6.45) is 2.30. The maximum absolute atomic E-state index is 11.5. The van der Waals surface area contributed by atoms with E-state index in [2.05, 4.69) is 23.7 Å². The minimum absolute atomic E-state index is 0.282. The second-order valence-electron chi connectivity index (χ2n) is 5.77. The molecule has 0 spiro atoms. The van der Waals surface area contributed by atoms with Gasteiger partial charge in [-0.25, -0.2) is 4.79 Å². The van der Waals surface area contributed by atoms with Crippen molar-refractivity contribution in [3.8, 4) is 0 Å². The van der Waals surface area contributed by atoms with Gasteiger partial charge in [0.15, 0.2) is 0 Å². The third kappa shape index (κ3) is 3.08. The molecule has 1 aliphatic rings. The maximum Gasteiger partial charge on any atom is 0.337 e. The molecular weight excluding hydrogens is 294 g/mol. The summed E-state index contributed by atoms with van der Waals surface area (Å²) < 4.78 is 4.75. The van der Waals surface area contributed by atoms with Crippen LogP contribution in [-0.4, -0.2) is 19.6 Å². The third-order valence-electron chi connectivity index (χ3n) is 4.48. The van der Waals surface area contributed by atoms with Crippen molar-refractivity contribution in [2.75, 3.05) is 13.7 Å². The van der Waals surface area contributed by atoms with Crippen molar-refractivity contribution in [2.45, 2.75) is 31.7 Å². The number of methoxy groups -OCH3 is 1. The van der Waals surface area contributed by atoms with E-state index in [0.29, 0.717) is 17.5 Å². The largest absolute Gasteiger partial charge is 0.465 e. The average Bonchev–Trinajstić information content (AvgIpc) is 3.00. The summed E-state index contributed by atoms with van der Waals surface area (Å²) in [4.78, 5) is 12.9. The molecular formula is C18H21NO2S. The molecule has 1 aromatic carbocycles. The number of ether oxygens (including phenoxy) is 1. The van der Waals surface area contributed by atoms with Gasteiger partial charge in [0.2, 0.25) is 0 Å². The van der Waals surface area contributed by atoms with E-state index in [1.807, 2.05) is 35.6 Å². The van der Waals surface area contributed by atoms with Crippen LogP contribution in [-0.2, 0) is 4.74 Å². The molecule has 1 saturated heterocycles. The molecule has 0 bridgehead atoms. The van der Waals surface area contributed by atoms with E-state index in [0.717, 1.165) is 13.0 Å². The smallest absolute Gasteiger partial charge is 0.337 e. The number of benzene rings is 1. The van der Waals surface area contributed by atoms with E-state index >= 15 is 0 Å². The molecule has 1 aliphatic heterocycles. The highest BCUT2D eigenvalue weighted by Crippen LogP contribution is 2.37. The van der Waals surface area contributed by atoms with E-state index < -0.39 is 0 Å². The summed E-state index contributed by atoms with van der Waals surface area (Å²) in [5.74, 6) is 0.340. The Hall–Kier alpha value is -1.65. The lowest BCUT2D eigenvalue weighted by atomic mass is 9.84. The summed E-state index contributed by atoms with van der Waals surface area (Å²) in [6.45, 7) is 3.24. The van der Waals surface area contributed by atoms with Gasteiger partial charge in [0.1, 0.15) is 0 Å². The number of carbonyl (C=O) groups is 1. The normalized spacial score (nSPS) is 21.5. The van der Waals surface area contributed by atoms with Gasteiger partial charge in [0.05, 0.1) is 12.7 Å². The molecule has 2 aromatic rings. The van der Waals surface area contributed by atoms with Crippen molar-refractivity contribution < 1.29 is 9.53 Å². The molecule has 2 atom stereocenters. The van der Waals surface area contributed by atoms with Gasteiger partial charge in [0, 0.05) is 10.9 Å². The van der Waals surface area contributed by atoms with Gasteiger partial charge in [-0.15, -0.1) is 11.3 Å². The zero-order valence-electron chi connectivity index (χ0n) is 13.0. The summed E-state index contributed by atoms with van der Waals surface area (Å²) in [7, 11) is 1.41. The molecule has 3 nitrogen and oxygen atoms in total. The molecule has 1 aromatic heterocycles. The molecule has 1 fully saturated rings. The first-order chi connectivity index (χ1) is 10.7. The van der Waals surface area contributed by atoms with Gasteiger partial charge in [-0.3, -0.25) is 0 Å². The Bertz CT molecular complexity index is 647. The molecule has 3 rings (SSSR count). The van der Waals surface area contributed by atoms with Gasteiger partial charge in [-0.2, -0.15) is 0 Å². The van der Waals surface area contributed by atoms with E-state index in [1.54, 1.807) is 0 Å². The van der Waals surface area contributed by atoms with Crippen molar-refractivity contribution in [3.63, 3.8) is 0 Å². The summed E-state index contributed by atoms with van der Waals surface area (Å²) in [6, 6.07) is 10.4. The highest BCUT2D eigenvalue weighted by molar-refractivity contribution is 7.10. The standard InChI is InChI=1S/C18H21NO2S/c1-12-16(8-10-22-12)15-7-9-19-17(11-15)13-3-5-14(6-4-13)18(20)21-2/h3-6,8,10,15,17,19H,7,9,11H2,1-2H3. The number of nitrogens with one attached hydrogen (secondary N) is 1. The van der Waals surface area contributed by atoms with Gasteiger partial charge in [-0.05, 0) is 66.9 Å². The second-order valence-corrected chi connectivity index (χ2v) is 6.89. The first-order valence-corrected chi connectivity index (χ1v) is 8.52. The molecule has 2 unspecified atom stereocenters. The van der Waals surface area contributed by atoms with E-state index in [-0.39, 0.29) is 5.97 Å². The van der Waals surface area contributed by atoms with Crippen LogP contribution in [0.15, 0.2) is 35.7 Å². The van der Waals surface area contributed by atoms with Crippen LogP contribution in [0.2, 0.25) is 0 Å². The molecule has 0 aliphatic carbocycles. The number of thiophene rings is 1. The molecule has 1 N–H and O–H groups in total. The highest BCUT2D eigenvalue weighted by Gasteiger charge is 2.25. The van der Waals surface area contributed by atoms with Gasteiger partial charge >= 0.3 is 5.97 Å². The fraction of sp³-hybridized carbons (Fsp3) is 0.389. The fourth-order valence-electron chi connectivity index (χ4n) is 3.24. The molecule has 0 amide bonds. The second kappa shape index (κ2) is 6.63. The van der Waals surface area contributed by atoms with Crippen LogP contribution < -0.4 is 5.32 Å². The summed E-state index contributed by atoms with van der Waals surface area (Å²) in [5.41, 5.74) is 3.35. The number of carbonyl (C=O) groups excluding carboxylic acids is 1. The topological polar surface area (TPSA) is 38.3 Å². The van der Waals surface area contributed by atoms with Gasteiger partial charge < -0.3 is 10.1 Å². The predicted octanol–water partition coefficient (Wildman–Crippen LogP) is 4.05. The minimum Gasteiger partial charge on any atom is -0.465 e. The zero-order chi connectivity index (χ0) is 15.5. The lowest BCUT2D eigenvalue weighted by Crippen LogP contribution is -2.31. The van der Waals surface area contributed by atoms with Crippen molar-refractivity contribution in [3.05, 3.63) is 57.3 Å². The molecule has 22 heavy (non-hydrogen) atoms. The number of esters is 1. The van der Waals surface area contributed by atoms with Crippen LogP contribution in [0, 0.1) is 6.92 Å². The SMILES string of the molecule is COC(=O)c1ccc(C2CC(c3ccsc3C)CCN2)cc1. The Labute approximate surface area is 135 Å². The van der Waals surface area contributed by atoms with Crippen LogP contribution in [0.1, 0.15) is 51.2 Å². The van der Waals surface area contributed by atoms with Crippen LogP contribution in [0.3, 0.4) is 0 Å². The Morgan fingerprint density at radius 2 is 2.05 bits per heavy atom. The number of aryl methyl sites for hydroxylation is 1. The first-order valence-electron chi connectivity index (χ1n) is 7.64. The monoisotopic (exact) mass is 315 g/mol. The van der Waals surface area contributed by atoms with Crippen molar-refractivity contribution in [2.24, 2.45) is 0 Å². The predicted molar refractivity (Wildman–Crippen MR) is 89.6 cm³/mol. The average molecular weight is 315 g/mol. The van der Waals surface area contributed by atoms with Gasteiger partial charge in [-0.1, -0.05) is 12.1 Å².